The number of aromatic carboxylic acids is 1. The Hall–Kier alpha value is -2.43. The van der Waals surface area contributed by atoms with E-state index in [9.17, 15) is 9.59 Å². The van der Waals surface area contributed by atoms with E-state index in [1.165, 1.54) is 19.4 Å². The lowest BCUT2D eigenvalue weighted by atomic mass is 9.98. The normalized spacial score (nSPS) is 12.1. The molecule has 2 aromatic rings. The van der Waals surface area contributed by atoms with Crippen molar-refractivity contribution >= 4 is 11.8 Å². The molecule has 0 fully saturated rings. The van der Waals surface area contributed by atoms with E-state index in [4.69, 9.17) is 5.11 Å². The van der Waals surface area contributed by atoms with Gasteiger partial charge in [0.05, 0.1) is 18.6 Å². The number of imidazole rings is 1. The lowest BCUT2D eigenvalue weighted by molar-refractivity contribution is 0.0684. The maximum Gasteiger partial charge on any atom is 0.354 e. The minimum atomic E-state index is -1.04. The van der Waals surface area contributed by atoms with E-state index in [1.807, 2.05) is 19.1 Å². The van der Waals surface area contributed by atoms with Crippen LogP contribution in [-0.4, -0.2) is 26.4 Å². The van der Waals surface area contributed by atoms with Gasteiger partial charge >= 0.3 is 5.97 Å². The summed E-state index contributed by atoms with van der Waals surface area (Å²) in [5.41, 5.74) is 1.49. The number of ketones is 1. The molecule has 0 aliphatic carbocycles. The van der Waals surface area contributed by atoms with Crippen LogP contribution in [0.1, 0.15) is 46.3 Å². The van der Waals surface area contributed by atoms with Gasteiger partial charge < -0.3 is 9.67 Å². The van der Waals surface area contributed by atoms with Crippen molar-refractivity contribution in [2.75, 3.05) is 0 Å². The number of nitrogens with zero attached hydrogens (tertiary/aromatic N) is 2. The highest BCUT2D eigenvalue weighted by atomic mass is 16.4. The summed E-state index contributed by atoms with van der Waals surface area (Å²) in [6, 6.07) is 6.92. The zero-order chi connectivity index (χ0) is 14.0. The minimum Gasteiger partial charge on any atom is -0.477 e. The average Bonchev–Trinajstić information content (AvgIpc) is 2.87. The lowest BCUT2D eigenvalue weighted by Crippen LogP contribution is -2.15. The van der Waals surface area contributed by atoms with Crippen molar-refractivity contribution in [2.45, 2.75) is 19.9 Å². The number of benzene rings is 1. The van der Waals surface area contributed by atoms with E-state index >= 15 is 0 Å². The molecule has 1 N–H and O–H groups in total. The number of Topliss-reactive ketones (excluding diaryl/α,β-unsaturated/α-hetero) is 1. The molecule has 2 rings (SSSR count). The van der Waals surface area contributed by atoms with Gasteiger partial charge in [0.15, 0.2) is 5.78 Å². The Morgan fingerprint density at radius 3 is 2.63 bits per heavy atom. The smallest absolute Gasteiger partial charge is 0.354 e. The molecule has 1 aromatic heterocycles. The number of hydrogen-bond acceptors (Lipinski definition) is 3. The molecule has 0 amide bonds. The second-order valence-corrected chi connectivity index (χ2v) is 4.31. The van der Waals surface area contributed by atoms with Crippen molar-refractivity contribution in [1.29, 1.82) is 0 Å². The van der Waals surface area contributed by atoms with Crippen LogP contribution < -0.4 is 0 Å². The number of aromatic nitrogens is 2. The summed E-state index contributed by atoms with van der Waals surface area (Å²) in [7, 11) is 0. The number of carboxylic acids is 1. The van der Waals surface area contributed by atoms with Gasteiger partial charge in [0.2, 0.25) is 0 Å². The van der Waals surface area contributed by atoms with Gasteiger partial charge in [-0.3, -0.25) is 4.79 Å². The summed E-state index contributed by atoms with van der Waals surface area (Å²) < 4.78 is 1.55. The molecule has 5 heteroatoms. The van der Waals surface area contributed by atoms with Crippen LogP contribution in [-0.2, 0) is 0 Å². The second-order valence-electron chi connectivity index (χ2n) is 4.31. The highest BCUT2D eigenvalue weighted by Crippen LogP contribution is 2.23. The van der Waals surface area contributed by atoms with Gasteiger partial charge in [-0.15, -0.1) is 0 Å². The first kappa shape index (κ1) is 13.0. The molecule has 0 saturated carbocycles. The van der Waals surface area contributed by atoms with Crippen molar-refractivity contribution in [3.63, 3.8) is 0 Å². The van der Waals surface area contributed by atoms with E-state index in [2.05, 4.69) is 4.98 Å². The first-order valence-electron chi connectivity index (χ1n) is 5.87. The monoisotopic (exact) mass is 258 g/mol. The van der Waals surface area contributed by atoms with Crippen molar-refractivity contribution in [3.8, 4) is 0 Å². The Balaban J connectivity index is 2.50. The maximum absolute atomic E-state index is 11.6. The van der Waals surface area contributed by atoms with Crippen molar-refractivity contribution in [2.24, 2.45) is 0 Å². The van der Waals surface area contributed by atoms with E-state index < -0.39 is 5.97 Å². The van der Waals surface area contributed by atoms with E-state index in [-0.39, 0.29) is 17.5 Å². The fourth-order valence-corrected chi connectivity index (χ4v) is 2.11. The molecular weight excluding hydrogens is 244 g/mol. The number of hydrogen-bond donors (Lipinski definition) is 1. The predicted octanol–water partition coefficient (Wildman–Crippen LogP) is 2.39. The third kappa shape index (κ3) is 2.40. The molecule has 1 aromatic carbocycles. The molecule has 0 bridgehead atoms. The Morgan fingerprint density at radius 1 is 1.32 bits per heavy atom. The van der Waals surface area contributed by atoms with Crippen molar-refractivity contribution in [1.82, 2.24) is 9.55 Å². The number of rotatable bonds is 4. The zero-order valence-corrected chi connectivity index (χ0v) is 10.7. The summed E-state index contributed by atoms with van der Waals surface area (Å²) in [5.74, 6) is -1.08. The molecule has 5 nitrogen and oxygen atoms in total. The van der Waals surface area contributed by atoms with Gasteiger partial charge in [-0.1, -0.05) is 24.3 Å². The van der Waals surface area contributed by atoms with E-state index in [0.29, 0.717) is 5.56 Å². The van der Waals surface area contributed by atoms with Crippen molar-refractivity contribution < 1.29 is 14.7 Å². The highest BCUT2D eigenvalue weighted by Gasteiger charge is 2.19. The van der Waals surface area contributed by atoms with E-state index in [0.717, 1.165) is 5.56 Å². The summed E-state index contributed by atoms with van der Waals surface area (Å²) in [5, 5.41) is 9.10. The molecule has 0 radical (unpaired) electrons. The third-order valence-electron chi connectivity index (χ3n) is 3.09. The predicted molar refractivity (Wildman–Crippen MR) is 69.4 cm³/mol. The zero-order valence-electron chi connectivity index (χ0n) is 10.7. The fourth-order valence-electron chi connectivity index (χ4n) is 2.11. The van der Waals surface area contributed by atoms with Crippen LogP contribution in [0.5, 0.6) is 0 Å². The molecule has 0 spiro atoms. The average molecular weight is 258 g/mol. The minimum absolute atomic E-state index is 0.0422. The molecule has 0 aliphatic heterocycles. The van der Waals surface area contributed by atoms with Crippen LogP contribution in [0.4, 0.5) is 0 Å². The Kier molecular flexibility index (Phi) is 3.46. The lowest BCUT2D eigenvalue weighted by Gasteiger charge is -2.18. The molecular formula is C14H14N2O3. The van der Waals surface area contributed by atoms with Crippen LogP contribution in [0.15, 0.2) is 36.8 Å². The standard InChI is InChI=1S/C14H14N2O3/c1-9(16-8-15-7-13(16)14(18)19)11-5-3-4-6-12(11)10(2)17/h3-9H,1-2H3,(H,18,19)/t9-/m0/s1. The van der Waals surface area contributed by atoms with Crippen molar-refractivity contribution in [3.05, 3.63) is 53.6 Å². The highest BCUT2D eigenvalue weighted by molar-refractivity contribution is 5.95. The summed E-state index contributed by atoms with van der Waals surface area (Å²) in [6.07, 6.45) is 2.76. The van der Waals surface area contributed by atoms with Crippen LogP contribution in [0.25, 0.3) is 0 Å². The molecule has 19 heavy (non-hydrogen) atoms. The Bertz CT molecular complexity index is 631. The van der Waals surface area contributed by atoms with Gasteiger partial charge in [0.1, 0.15) is 5.69 Å². The van der Waals surface area contributed by atoms with Gasteiger partial charge in [-0.25, -0.2) is 9.78 Å². The maximum atomic E-state index is 11.6. The number of carboxylic acid groups (broad SMARTS) is 1. The first-order valence-corrected chi connectivity index (χ1v) is 5.87. The molecule has 0 unspecified atom stereocenters. The van der Waals surface area contributed by atoms with E-state index in [1.54, 1.807) is 16.7 Å². The first-order chi connectivity index (χ1) is 9.02. The topological polar surface area (TPSA) is 72.2 Å². The van der Waals surface area contributed by atoms with Crippen LogP contribution in [0.3, 0.4) is 0 Å². The summed E-state index contributed by atoms with van der Waals surface area (Å²) >= 11 is 0. The fraction of sp³-hybridized carbons (Fsp3) is 0.214. The summed E-state index contributed by atoms with van der Waals surface area (Å²) in [4.78, 5) is 26.6. The van der Waals surface area contributed by atoms with Crippen LogP contribution >= 0.6 is 0 Å². The number of carbonyl (C=O) groups excluding carboxylic acids is 1. The van der Waals surface area contributed by atoms with Gasteiger partial charge in [-0.05, 0) is 19.4 Å². The quantitative estimate of drug-likeness (QED) is 0.855. The molecule has 0 aliphatic rings. The summed E-state index contributed by atoms with van der Waals surface area (Å²) in [6.45, 7) is 3.34. The molecule has 0 saturated heterocycles. The SMILES string of the molecule is CC(=O)c1ccccc1[C@H](C)n1cncc1C(=O)O. The van der Waals surface area contributed by atoms with Gasteiger partial charge in [0, 0.05) is 5.56 Å². The molecule has 1 atom stereocenters. The molecule has 1 heterocycles. The number of carbonyl (C=O) groups is 2. The second kappa shape index (κ2) is 5.06. The molecule has 98 valence electrons. The Labute approximate surface area is 110 Å². The van der Waals surface area contributed by atoms with Crippen LogP contribution in [0, 0.1) is 0 Å². The Morgan fingerprint density at radius 2 is 2.00 bits per heavy atom. The largest absolute Gasteiger partial charge is 0.477 e. The van der Waals surface area contributed by atoms with Gasteiger partial charge in [0.25, 0.3) is 0 Å². The third-order valence-corrected chi connectivity index (χ3v) is 3.09. The van der Waals surface area contributed by atoms with Gasteiger partial charge in [-0.2, -0.15) is 0 Å². The van der Waals surface area contributed by atoms with Crippen LogP contribution in [0.2, 0.25) is 0 Å².